The maximum atomic E-state index is 11.3. The Bertz CT molecular complexity index is 209. The molecule has 0 heterocycles. The second kappa shape index (κ2) is 2.96. The van der Waals surface area contributed by atoms with Gasteiger partial charge in [0.25, 0.3) is 0 Å². The molecule has 1 aliphatic rings. The molecule has 4 heteroatoms. The first-order chi connectivity index (χ1) is 5.70. The van der Waals surface area contributed by atoms with E-state index in [1.54, 1.807) is 0 Å². The highest BCUT2D eigenvalue weighted by Crippen LogP contribution is 2.35. The lowest BCUT2D eigenvalue weighted by molar-refractivity contribution is -0.174. The van der Waals surface area contributed by atoms with Crippen molar-refractivity contribution in [1.82, 2.24) is 0 Å². The van der Waals surface area contributed by atoms with Crippen molar-refractivity contribution < 1.29 is 14.6 Å². The van der Waals surface area contributed by atoms with Crippen LogP contribution >= 0.6 is 0 Å². The lowest BCUT2D eigenvalue weighted by Gasteiger charge is -2.39. The van der Waals surface area contributed by atoms with Crippen molar-refractivity contribution in [3.63, 3.8) is 0 Å². The van der Waals surface area contributed by atoms with Gasteiger partial charge >= 0.3 is 5.97 Å². The summed E-state index contributed by atoms with van der Waals surface area (Å²) >= 11 is 0. The molecule has 1 rings (SSSR count). The van der Waals surface area contributed by atoms with E-state index < -0.39 is 11.3 Å². The molecule has 1 fully saturated rings. The van der Waals surface area contributed by atoms with Gasteiger partial charge in [0, 0.05) is 12.8 Å². The van der Waals surface area contributed by atoms with Crippen molar-refractivity contribution in [2.75, 3.05) is 0 Å². The number of rotatable bonds is 1. The van der Waals surface area contributed by atoms with Gasteiger partial charge in [0.2, 0.25) is 0 Å². The van der Waals surface area contributed by atoms with Gasteiger partial charge in [-0.25, -0.2) is 0 Å². The van der Waals surface area contributed by atoms with Gasteiger partial charge in [-0.3, -0.25) is 4.79 Å². The first kappa shape index (κ1) is 10.5. The fourth-order valence-electron chi connectivity index (χ4n) is 1.35. The van der Waals surface area contributed by atoms with Crippen molar-refractivity contribution in [2.45, 2.75) is 44.9 Å². The van der Waals surface area contributed by atoms with E-state index in [0.29, 0.717) is 12.8 Å². The molecule has 0 spiro atoms. The summed E-state index contributed by atoms with van der Waals surface area (Å²) in [7, 11) is 0. The molecule has 0 atom stereocenters. The zero-order valence-corrected chi connectivity index (χ0v) is 8.33. The quantitative estimate of drug-likeness (QED) is 0.460. The molecule has 0 unspecified atom stereocenters. The van der Waals surface area contributed by atoms with E-state index >= 15 is 0 Å². The summed E-state index contributed by atoms with van der Waals surface area (Å²) in [5.74, 6) is -0.489. The van der Waals surface area contributed by atoms with Gasteiger partial charge in [0.15, 0.2) is 0 Å². The fraction of sp³-hybridized carbons (Fsp3) is 0.889. The van der Waals surface area contributed by atoms with E-state index in [4.69, 9.17) is 10.5 Å². The van der Waals surface area contributed by atoms with Crippen LogP contribution in [0, 0.1) is 5.92 Å². The second-order valence-electron chi connectivity index (χ2n) is 4.74. The van der Waals surface area contributed by atoms with Gasteiger partial charge in [-0.2, -0.15) is 0 Å². The predicted octanol–water partition coefficient (Wildman–Crippen LogP) is 0.385. The smallest absolute Gasteiger partial charge is 0.309 e. The van der Waals surface area contributed by atoms with Crippen molar-refractivity contribution in [2.24, 2.45) is 11.7 Å². The normalized spacial score (nSPS) is 33.8. The van der Waals surface area contributed by atoms with Crippen LogP contribution in [0.2, 0.25) is 0 Å². The standard InChI is InChI=1S/C9H17NO3/c1-8(2,3)13-7(11)6-4-9(10,12)5-6/h6,12H,4-5,10H2,1-3H3. The Balaban J connectivity index is 2.36. The highest BCUT2D eigenvalue weighted by molar-refractivity contribution is 5.74. The molecule has 0 aromatic rings. The minimum Gasteiger partial charge on any atom is -0.460 e. The van der Waals surface area contributed by atoms with Crippen LogP contribution in [0.5, 0.6) is 0 Å². The monoisotopic (exact) mass is 187 g/mol. The molecule has 1 aliphatic carbocycles. The van der Waals surface area contributed by atoms with Crippen LogP contribution in [-0.4, -0.2) is 22.4 Å². The van der Waals surface area contributed by atoms with Crippen LogP contribution in [0.3, 0.4) is 0 Å². The molecule has 0 aromatic heterocycles. The predicted molar refractivity (Wildman–Crippen MR) is 47.7 cm³/mol. The third-order valence-corrected chi connectivity index (χ3v) is 1.94. The molecule has 0 amide bonds. The zero-order valence-electron chi connectivity index (χ0n) is 8.33. The van der Waals surface area contributed by atoms with E-state index in [0.717, 1.165) is 0 Å². The first-order valence-corrected chi connectivity index (χ1v) is 4.44. The molecule has 0 saturated heterocycles. The third kappa shape index (κ3) is 2.97. The molecule has 4 nitrogen and oxygen atoms in total. The van der Waals surface area contributed by atoms with Crippen LogP contribution in [0.1, 0.15) is 33.6 Å². The largest absolute Gasteiger partial charge is 0.460 e. The number of carbonyl (C=O) groups is 1. The van der Waals surface area contributed by atoms with E-state index in [-0.39, 0.29) is 11.9 Å². The van der Waals surface area contributed by atoms with Crippen LogP contribution in [-0.2, 0) is 9.53 Å². The molecule has 76 valence electrons. The van der Waals surface area contributed by atoms with E-state index in [2.05, 4.69) is 0 Å². The van der Waals surface area contributed by atoms with Gasteiger partial charge in [-0.05, 0) is 20.8 Å². The van der Waals surface area contributed by atoms with Crippen molar-refractivity contribution in [1.29, 1.82) is 0 Å². The Labute approximate surface area is 78.1 Å². The second-order valence-corrected chi connectivity index (χ2v) is 4.74. The van der Waals surface area contributed by atoms with Crippen LogP contribution in [0.4, 0.5) is 0 Å². The topological polar surface area (TPSA) is 72.5 Å². The number of ether oxygens (including phenoxy) is 1. The number of esters is 1. The van der Waals surface area contributed by atoms with Gasteiger partial charge in [-0.1, -0.05) is 0 Å². The molecule has 0 aliphatic heterocycles. The average Bonchev–Trinajstić information content (AvgIpc) is 1.77. The number of carbonyl (C=O) groups excluding carboxylic acids is 1. The molecule has 13 heavy (non-hydrogen) atoms. The molecule has 1 saturated carbocycles. The molecular weight excluding hydrogens is 170 g/mol. The van der Waals surface area contributed by atoms with Gasteiger partial charge in [0.05, 0.1) is 5.92 Å². The molecule has 0 aromatic carbocycles. The minimum absolute atomic E-state index is 0.228. The van der Waals surface area contributed by atoms with Gasteiger partial charge < -0.3 is 15.6 Å². The van der Waals surface area contributed by atoms with E-state index in [9.17, 15) is 9.90 Å². The average molecular weight is 187 g/mol. The maximum Gasteiger partial charge on any atom is 0.309 e. The number of nitrogens with two attached hydrogens (primary N) is 1. The highest BCUT2D eigenvalue weighted by Gasteiger charge is 2.44. The summed E-state index contributed by atoms with van der Waals surface area (Å²) in [6, 6.07) is 0. The number of aliphatic hydroxyl groups is 1. The van der Waals surface area contributed by atoms with Gasteiger partial charge in [-0.15, -0.1) is 0 Å². The third-order valence-electron chi connectivity index (χ3n) is 1.94. The summed E-state index contributed by atoms with van der Waals surface area (Å²) in [5, 5.41) is 9.20. The lowest BCUT2D eigenvalue weighted by atomic mass is 9.77. The summed E-state index contributed by atoms with van der Waals surface area (Å²) in [6.07, 6.45) is 0.615. The van der Waals surface area contributed by atoms with E-state index in [1.165, 1.54) is 0 Å². The molecule has 3 N–H and O–H groups in total. The van der Waals surface area contributed by atoms with Crippen molar-refractivity contribution in [3.8, 4) is 0 Å². The Kier molecular flexibility index (Phi) is 2.38. The fourth-order valence-corrected chi connectivity index (χ4v) is 1.35. The summed E-state index contributed by atoms with van der Waals surface area (Å²) in [5.41, 5.74) is 3.75. The SMILES string of the molecule is CC(C)(C)OC(=O)C1CC(N)(O)C1. The number of hydrogen-bond acceptors (Lipinski definition) is 4. The van der Waals surface area contributed by atoms with E-state index in [1.807, 2.05) is 20.8 Å². The Morgan fingerprint density at radius 1 is 1.54 bits per heavy atom. The zero-order chi connectivity index (χ0) is 10.3. The lowest BCUT2D eigenvalue weighted by Crippen LogP contribution is -2.54. The van der Waals surface area contributed by atoms with Crippen LogP contribution < -0.4 is 5.73 Å². The van der Waals surface area contributed by atoms with Crippen molar-refractivity contribution >= 4 is 5.97 Å². The summed E-state index contributed by atoms with van der Waals surface area (Å²) in [6.45, 7) is 5.45. The Morgan fingerprint density at radius 3 is 2.31 bits per heavy atom. The molecule has 0 radical (unpaired) electrons. The highest BCUT2D eigenvalue weighted by atomic mass is 16.6. The summed E-state index contributed by atoms with van der Waals surface area (Å²) in [4.78, 5) is 11.3. The van der Waals surface area contributed by atoms with Crippen LogP contribution in [0.25, 0.3) is 0 Å². The number of hydrogen-bond donors (Lipinski definition) is 2. The first-order valence-electron chi connectivity index (χ1n) is 4.44. The van der Waals surface area contributed by atoms with Gasteiger partial charge in [0.1, 0.15) is 11.3 Å². The van der Waals surface area contributed by atoms with Crippen molar-refractivity contribution in [3.05, 3.63) is 0 Å². The Morgan fingerprint density at radius 2 is 2.00 bits per heavy atom. The molecule has 0 bridgehead atoms. The Hall–Kier alpha value is -0.610. The van der Waals surface area contributed by atoms with Crippen LogP contribution in [0.15, 0.2) is 0 Å². The summed E-state index contributed by atoms with van der Waals surface area (Å²) < 4.78 is 5.13. The molecular formula is C9H17NO3. The minimum atomic E-state index is -1.15. The maximum absolute atomic E-state index is 11.3.